The maximum Gasteiger partial charge on any atom is 0.407 e. The molecule has 0 unspecified atom stereocenters. The molecule has 1 aliphatic carbocycles. The van der Waals surface area contributed by atoms with Crippen LogP contribution in [0.25, 0.3) is 33.1 Å². The van der Waals surface area contributed by atoms with Gasteiger partial charge < -0.3 is 24.6 Å². The highest BCUT2D eigenvalue weighted by Gasteiger charge is 2.43. The van der Waals surface area contributed by atoms with Gasteiger partial charge in [-0.3, -0.25) is 10.1 Å². The molecular weight excluding hydrogens is 599 g/mol. The molecule has 3 aromatic heterocycles. The van der Waals surface area contributed by atoms with Crippen LogP contribution in [0.5, 0.6) is 6.01 Å². The molecule has 3 fully saturated rings. The normalized spacial score (nSPS) is 26.9. The van der Waals surface area contributed by atoms with Gasteiger partial charge in [0.1, 0.15) is 23.6 Å². The zero-order valence-corrected chi connectivity index (χ0v) is 26.2. The Morgan fingerprint density at radius 1 is 1.20 bits per heavy atom. The molecule has 0 spiro atoms. The summed E-state index contributed by atoms with van der Waals surface area (Å²) in [6, 6.07) is 2.20. The van der Waals surface area contributed by atoms with E-state index in [0.29, 0.717) is 53.4 Å². The predicted molar refractivity (Wildman–Crippen MR) is 168 cm³/mol. The molecule has 4 aromatic rings. The van der Waals surface area contributed by atoms with Gasteiger partial charge in [0, 0.05) is 41.3 Å². The third kappa shape index (κ3) is 5.11. The van der Waals surface area contributed by atoms with Crippen LogP contribution >= 0.6 is 11.6 Å². The SMILES string of the molecule is CN1CCC[C@H]1COc1nc2c3cnc(c(F)c3n1)-c1c(c(Cl)cc3[nH]ncc13)[C@H]1C[C@H]1CCOC(=O)N[C@]1(C)CCCN2C1. The van der Waals surface area contributed by atoms with Crippen LogP contribution in [0.3, 0.4) is 0 Å². The molecule has 236 valence electrons. The van der Waals surface area contributed by atoms with Crippen molar-refractivity contribution in [3.63, 3.8) is 0 Å². The number of carbonyl (C=O) groups excluding carboxylic acids is 1. The number of aromatic nitrogens is 5. The lowest BCUT2D eigenvalue weighted by atomic mass is 9.91. The summed E-state index contributed by atoms with van der Waals surface area (Å²) in [5.41, 5.74) is 1.88. The van der Waals surface area contributed by atoms with Crippen LogP contribution in [0.15, 0.2) is 18.5 Å². The largest absolute Gasteiger partial charge is 0.462 e. The van der Waals surface area contributed by atoms with Gasteiger partial charge >= 0.3 is 12.1 Å². The number of amides is 1. The van der Waals surface area contributed by atoms with E-state index in [0.717, 1.165) is 49.6 Å². The van der Waals surface area contributed by atoms with E-state index in [1.165, 1.54) is 0 Å². The zero-order chi connectivity index (χ0) is 30.9. The number of H-pyrrole nitrogens is 1. The van der Waals surface area contributed by atoms with Gasteiger partial charge in [0.25, 0.3) is 0 Å². The van der Waals surface area contributed by atoms with Gasteiger partial charge in [0.2, 0.25) is 0 Å². The van der Waals surface area contributed by atoms with Gasteiger partial charge in [-0.25, -0.2) is 9.18 Å². The fourth-order valence-corrected chi connectivity index (χ4v) is 7.93. The van der Waals surface area contributed by atoms with Crippen molar-refractivity contribution >= 4 is 45.3 Å². The molecule has 1 aromatic carbocycles. The average Bonchev–Trinajstić information content (AvgIpc) is 3.38. The smallest absolute Gasteiger partial charge is 0.407 e. The third-order valence-corrected chi connectivity index (χ3v) is 10.4. The molecule has 13 heteroatoms. The van der Waals surface area contributed by atoms with E-state index in [-0.39, 0.29) is 41.7 Å². The highest BCUT2D eigenvalue weighted by molar-refractivity contribution is 6.33. The van der Waals surface area contributed by atoms with Crippen molar-refractivity contribution < 1.29 is 18.7 Å². The molecule has 2 N–H and O–H groups in total. The van der Waals surface area contributed by atoms with Crippen LogP contribution in [-0.2, 0) is 4.74 Å². The maximum atomic E-state index is 17.1. The number of nitrogens with one attached hydrogen (secondary N) is 2. The van der Waals surface area contributed by atoms with E-state index in [2.05, 4.69) is 37.3 Å². The summed E-state index contributed by atoms with van der Waals surface area (Å²) in [5.74, 6) is 0.279. The van der Waals surface area contributed by atoms with Crippen LogP contribution in [0.4, 0.5) is 15.0 Å². The maximum absolute atomic E-state index is 17.1. The molecule has 5 aliphatic rings. The van der Waals surface area contributed by atoms with Crippen molar-refractivity contribution in [1.29, 1.82) is 0 Å². The Bertz CT molecular complexity index is 1820. The van der Waals surface area contributed by atoms with E-state index in [1.54, 1.807) is 12.4 Å². The monoisotopic (exact) mass is 634 g/mol. The number of likely N-dealkylation sites (tertiary alicyclic amines) is 1. The number of rotatable bonds is 3. The van der Waals surface area contributed by atoms with Crippen molar-refractivity contribution in [3.05, 3.63) is 34.9 Å². The fraction of sp³-hybridized carbons (Fsp3) is 0.531. The Morgan fingerprint density at radius 3 is 2.93 bits per heavy atom. The molecule has 9 rings (SSSR count). The molecule has 4 atom stereocenters. The molecule has 1 amide bonds. The molecule has 1 saturated carbocycles. The fourth-order valence-electron chi connectivity index (χ4n) is 7.58. The summed E-state index contributed by atoms with van der Waals surface area (Å²) in [4.78, 5) is 31.5. The minimum atomic E-state index is -0.571. The standard InChI is InChI=1S/C32H36ClFN8O3/c1-32-7-4-9-42(16-32)29-21-13-35-28(26(34)27(21)37-30(38-29)45-15-18-5-3-8-41(18)2)25-20-14-36-40-23(20)12-22(33)24(25)19-11-17(19)6-10-44-31(43)39-32/h12-14,17-19H,3-11,15-16H2,1-2H3,(H,36,40)(H,39,43)/t17-,18+,19+,32-/m1/s1. The number of halogens is 2. The van der Waals surface area contributed by atoms with E-state index in [4.69, 9.17) is 31.0 Å². The van der Waals surface area contributed by atoms with Gasteiger partial charge in [-0.05, 0) is 82.5 Å². The van der Waals surface area contributed by atoms with Crippen molar-refractivity contribution in [2.75, 3.05) is 44.8 Å². The Balaban J connectivity index is 1.32. The Labute approximate surface area is 264 Å². The second kappa shape index (κ2) is 10.9. The van der Waals surface area contributed by atoms with Crippen molar-refractivity contribution in [3.8, 4) is 17.3 Å². The molecule has 45 heavy (non-hydrogen) atoms. The number of fused-ring (bicyclic) bond motifs is 6. The summed E-state index contributed by atoms with van der Waals surface area (Å²) in [6.07, 6.45) is 8.13. The Morgan fingerprint density at radius 2 is 2.09 bits per heavy atom. The summed E-state index contributed by atoms with van der Waals surface area (Å²) >= 11 is 6.92. The minimum absolute atomic E-state index is 0.0668. The lowest BCUT2D eigenvalue weighted by molar-refractivity contribution is 0.128. The molecule has 11 nitrogen and oxygen atoms in total. The van der Waals surface area contributed by atoms with E-state index < -0.39 is 17.4 Å². The van der Waals surface area contributed by atoms with Gasteiger partial charge in [0.05, 0.1) is 29.2 Å². The number of alkyl carbamates (subject to hydrolysis) is 1. The van der Waals surface area contributed by atoms with Gasteiger partial charge in [-0.15, -0.1) is 0 Å². The number of likely N-dealkylation sites (N-methyl/N-ethyl adjacent to an activating group) is 1. The van der Waals surface area contributed by atoms with Crippen LogP contribution in [0.2, 0.25) is 5.02 Å². The summed E-state index contributed by atoms with van der Waals surface area (Å²) in [5, 5.41) is 12.1. The number of hydrogen-bond donors (Lipinski definition) is 2. The molecule has 2 saturated heterocycles. The first-order valence-electron chi connectivity index (χ1n) is 15.8. The molecule has 4 aliphatic heterocycles. The van der Waals surface area contributed by atoms with Crippen molar-refractivity contribution in [2.24, 2.45) is 5.92 Å². The number of carbonyl (C=O) groups is 1. The molecular formula is C32H36ClFN8O3. The van der Waals surface area contributed by atoms with Gasteiger partial charge in [-0.1, -0.05) is 11.6 Å². The Hall–Kier alpha value is -3.77. The van der Waals surface area contributed by atoms with Crippen molar-refractivity contribution in [1.82, 2.24) is 35.4 Å². The number of pyridine rings is 1. The second-order valence-electron chi connectivity index (χ2n) is 13.3. The van der Waals surface area contributed by atoms with Crippen LogP contribution < -0.4 is 15.0 Å². The topological polar surface area (TPSA) is 121 Å². The third-order valence-electron chi connectivity index (χ3n) is 10.1. The Kier molecular flexibility index (Phi) is 6.97. The van der Waals surface area contributed by atoms with Crippen LogP contribution in [-0.4, -0.2) is 87.6 Å². The second-order valence-corrected chi connectivity index (χ2v) is 13.7. The molecule has 0 radical (unpaired) electrons. The number of nitrogens with zero attached hydrogens (tertiary/aromatic N) is 6. The number of piperidine rings is 1. The van der Waals surface area contributed by atoms with Crippen LogP contribution in [0, 0.1) is 11.7 Å². The number of aromatic amines is 1. The summed E-state index contributed by atoms with van der Waals surface area (Å²) in [7, 11) is 2.08. The molecule has 7 heterocycles. The van der Waals surface area contributed by atoms with Crippen molar-refractivity contribution in [2.45, 2.75) is 62.9 Å². The lowest BCUT2D eigenvalue weighted by Crippen LogP contribution is -2.57. The van der Waals surface area contributed by atoms with E-state index in [1.807, 2.05) is 13.0 Å². The summed E-state index contributed by atoms with van der Waals surface area (Å²) < 4.78 is 28.9. The zero-order valence-electron chi connectivity index (χ0n) is 25.4. The van der Waals surface area contributed by atoms with Crippen LogP contribution in [0.1, 0.15) is 56.9 Å². The predicted octanol–water partition coefficient (Wildman–Crippen LogP) is 5.43. The van der Waals surface area contributed by atoms with Gasteiger partial charge in [-0.2, -0.15) is 15.1 Å². The minimum Gasteiger partial charge on any atom is -0.462 e. The number of ether oxygens (including phenoxy) is 2. The highest BCUT2D eigenvalue weighted by atomic mass is 35.5. The van der Waals surface area contributed by atoms with E-state index >= 15 is 4.39 Å². The number of anilines is 1. The van der Waals surface area contributed by atoms with E-state index in [9.17, 15) is 4.79 Å². The van der Waals surface area contributed by atoms with Gasteiger partial charge in [0.15, 0.2) is 5.82 Å². The molecule has 6 bridgehead atoms. The lowest BCUT2D eigenvalue weighted by Gasteiger charge is -2.41. The first-order valence-corrected chi connectivity index (χ1v) is 16.2. The number of benzene rings is 1. The summed E-state index contributed by atoms with van der Waals surface area (Å²) in [6.45, 7) is 4.84. The first kappa shape index (κ1) is 28.7. The quantitative estimate of drug-likeness (QED) is 0.304. The highest BCUT2D eigenvalue weighted by Crippen LogP contribution is 2.55. The number of hydrogen-bond acceptors (Lipinski definition) is 9. The first-order chi connectivity index (χ1) is 21.8. The average molecular weight is 635 g/mol.